The summed E-state index contributed by atoms with van der Waals surface area (Å²) in [6.45, 7) is 13.3. The van der Waals surface area contributed by atoms with Crippen molar-refractivity contribution in [1.29, 1.82) is 0 Å². The number of piperidine rings is 1. The van der Waals surface area contributed by atoms with Gasteiger partial charge in [0, 0.05) is 24.5 Å². The van der Waals surface area contributed by atoms with E-state index in [4.69, 9.17) is 0 Å². The van der Waals surface area contributed by atoms with E-state index in [1.165, 1.54) is 11.1 Å². The van der Waals surface area contributed by atoms with E-state index in [1.807, 2.05) is 20.8 Å². The highest BCUT2D eigenvalue weighted by molar-refractivity contribution is 5.81. The van der Waals surface area contributed by atoms with Gasteiger partial charge >= 0.3 is 0 Å². The molecule has 0 saturated carbocycles. The molecule has 1 N–H and O–H groups in total. The lowest BCUT2D eigenvalue weighted by molar-refractivity contribution is -0.129. The molecule has 22 heavy (non-hydrogen) atoms. The Morgan fingerprint density at radius 3 is 2.41 bits per heavy atom. The monoisotopic (exact) mass is 302 g/mol. The topological polar surface area (TPSA) is 32.3 Å². The van der Waals surface area contributed by atoms with Gasteiger partial charge in [0.1, 0.15) is 0 Å². The van der Waals surface area contributed by atoms with Crippen molar-refractivity contribution in [3.8, 4) is 0 Å². The average molecular weight is 302 g/mol. The molecule has 1 aliphatic heterocycles. The molecule has 122 valence electrons. The number of carbonyl (C=O) groups is 1. The number of benzene rings is 1. The number of likely N-dealkylation sites (N-methyl/N-ethyl adjacent to an activating group) is 1. The summed E-state index contributed by atoms with van der Waals surface area (Å²) in [5, 5.41) is 3.25. The van der Waals surface area contributed by atoms with E-state index in [1.54, 1.807) is 0 Å². The predicted octanol–water partition coefficient (Wildman–Crippen LogP) is 3.34. The fourth-order valence-electron chi connectivity index (χ4n) is 3.04. The molecule has 1 fully saturated rings. The number of hydrogen-bond acceptors (Lipinski definition) is 2. The third-order valence-electron chi connectivity index (χ3n) is 4.54. The molecule has 1 aromatic carbocycles. The minimum Gasteiger partial charge on any atom is -0.352 e. The second kappa shape index (κ2) is 6.82. The fraction of sp³-hybridized carbons (Fsp3) is 0.632. The van der Waals surface area contributed by atoms with Crippen molar-refractivity contribution >= 4 is 5.91 Å². The molecule has 0 aliphatic carbocycles. The SMILES string of the molecule is CCN1CC(NC(=O)C(C)(C)C)CC(c2ccc(C)cc2)C1. The van der Waals surface area contributed by atoms with Gasteiger partial charge in [-0.25, -0.2) is 0 Å². The zero-order valence-corrected chi connectivity index (χ0v) is 14.6. The zero-order valence-electron chi connectivity index (χ0n) is 14.6. The zero-order chi connectivity index (χ0) is 16.3. The second-order valence-corrected chi connectivity index (χ2v) is 7.62. The number of carbonyl (C=O) groups excluding carboxylic acids is 1. The molecule has 2 rings (SSSR count). The van der Waals surface area contributed by atoms with Gasteiger partial charge in [0.25, 0.3) is 0 Å². The number of hydrogen-bond donors (Lipinski definition) is 1. The standard InChI is InChI=1S/C19H30N2O/c1-6-21-12-16(15-9-7-14(2)8-10-15)11-17(13-21)20-18(22)19(3,4)5/h7-10,16-17H,6,11-13H2,1-5H3,(H,20,22). The Morgan fingerprint density at radius 2 is 1.86 bits per heavy atom. The van der Waals surface area contributed by atoms with Crippen LogP contribution in [0.2, 0.25) is 0 Å². The van der Waals surface area contributed by atoms with Crippen LogP contribution >= 0.6 is 0 Å². The number of aryl methyl sites for hydroxylation is 1. The summed E-state index contributed by atoms with van der Waals surface area (Å²) in [5.74, 6) is 0.651. The third-order valence-corrected chi connectivity index (χ3v) is 4.54. The Labute approximate surface area is 135 Å². The summed E-state index contributed by atoms with van der Waals surface area (Å²) in [4.78, 5) is 14.7. The third kappa shape index (κ3) is 4.33. The maximum atomic E-state index is 12.3. The molecule has 1 aliphatic rings. The number of amides is 1. The molecule has 0 radical (unpaired) electrons. The van der Waals surface area contributed by atoms with Gasteiger partial charge in [0.05, 0.1) is 0 Å². The van der Waals surface area contributed by atoms with E-state index >= 15 is 0 Å². The van der Waals surface area contributed by atoms with Crippen LogP contribution in [-0.2, 0) is 4.79 Å². The molecule has 1 saturated heterocycles. The van der Waals surface area contributed by atoms with Crippen LogP contribution in [0.15, 0.2) is 24.3 Å². The lowest BCUT2D eigenvalue weighted by Gasteiger charge is -2.38. The molecule has 0 aromatic heterocycles. The molecular formula is C19H30N2O. The first-order valence-electron chi connectivity index (χ1n) is 8.39. The van der Waals surface area contributed by atoms with Gasteiger partial charge < -0.3 is 10.2 Å². The van der Waals surface area contributed by atoms with Gasteiger partial charge in [-0.2, -0.15) is 0 Å². The summed E-state index contributed by atoms with van der Waals surface area (Å²) in [6.07, 6.45) is 1.03. The van der Waals surface area contributed by atoms with Gasteiger partial charge in [-0.3, -0.25) is 4.79 Å². The second-order valence-electron chi connectivity index (χ2n) is 7.62. The molecule has 0 spiro atoms. The van der Waals surface area contributed by atoms with Crippen molar-refractivity contribution in [2.24, 2.45) is 5.41 Å². The van der Waals surface area contributed by atoms with E-state index < -0.39 is 0 Å². The number of nitrogens with zero attached hydrogens (tertiary/aromatic N) is 1. The van der Waals surface area contributed by atoms with E-state index in [9.17, 15) is 4.79 Å². The largest absolute Gasteiger partial charge is 0.352 e. The molecule has 1 amide bonds. The molecular weight excluding hydrogens is 272 g/mol. The van der Waals surface area contributed by atoms with Gasteiger partial charge in [-0.15, -0.1) is 0 Å². The van der Waals surface area contributed by atoms with Crippen LogP contribution in [0.1, 0.15) is 51.2 Å². The molecule has 3 heteroatoms. The Morgan fingerprint density at radius 1 is 1.23 bits per heavy atom. The first kappa shape index (κ1) is 17.0. The molecule has 0 bridgehead atoms. The van der Waals surface area contributed by atoms with Crippen molar-refractivity contribution in [2.75, 3.05) is 19.6 Å². The summed E-state index contributed by atoms with van der Waals surface area (Å²) in [5.41, 5.74) is 2.36. The number of nitrogens with one attached hydrogen (secondary N) is 1. The van der Waals surface area contributed by atoms with Crippen molar-refractivity contribution in [2.45, 2.75) is 53.0 Å². The average Bonchev–Trinajstić information content (AvgIpc) is 2.46. The Bertz CT molecular complexity index is 501. The van der Waals surface area contributed by atoms with Crippen LogP contribution in [-0.4, -0.2) is 36.5 Å². The van der Waals surface area contributed by atoms with Crippen LogP contribution in [0.5, 0.6) is 0 Å². The summed E-state index contributed by atoms with van der Waals surface area (Å²) in [6, 6.07) is 9.09. The van der Waals surface area contributed by atoms with Crippen LogP contribution in [0, 0.1) is 12.3 Å². The van der Waals surface area contributed by atoms with Gasteiger partial charge in [-0.05, 0) is 31.4 Å². The van der Waals surface area contributed by atoms with Crippen LogP contribution in [0.4, 0.5) is 0 Å². The maximum Gasteiger partial charge on any atom is 0.225 e. The smallest absolute Gasteiger partial charge is 0.225 e. The predicted molar refractivity (Wildman–Crippen MR) is 92.0 cm³/mol. The summed E-state index contributed by atoms with van der Waals surface area (Å²) >= 11 is 0. The number of likely N-dealkylation sites (tertiary alicyclic amines) is 1. The Hall–Kier alpha value is -1.35. The summed E-state index contributed by atoms with van der Waals surface area (Å²) in [7, 11) is 0. The van der Waals surface area contributed by atoms with Gasteiger partial charge in [-0.1, -0.05) is 57.5 Å². The van der Waals surface area contributed by atoms with Crippen LogP contribution in [0.3, 0.4) is 0 Å². The first-order valence-corrected chi connectivity index (χ1v) is 8.39. The molecule has 2 atom stereocenters. The molecule has 1 heterocycles. The minimum atomic E-state index is -0.326. The van der Waals surface area contributed by atoms with Crippen LogP contribution in [0.25, 0.3) is 0 Å². The van der Waals surface area contributed by atoms with Crippen LogP contribution < -0.4 is 5.32 Å². The highest BCUT2D eigenvalue weighted by atomic mass is 16.2. The number of rotatable bonds is 3. The van der Waals surface area contributed by atoms with Gasteiger partial charge in [0.15, 0.2) is 0 Å². The van der Waals surface area contributed by atoms with Crippen molar-refractivity contribution in [1.82, 2.24) is 10.2 Å². The van der Waals surface area contributed by atoms with E-state index in [0.717, 1.165) is 26.1 Å². The summed E-state index contributed by atoms with van der Waals surface area (Å²) < 4.78 is 0. The lowest BCUT2D eigenvalue weighted by Crippen LogP contribution is -2.52. The van der Waals surface area contributed by atoms with Gasteiger partial charge in [0.2, 0.25) is 5.91 Å². The Kier molecular flexibility index (Phi) is 5.28. The van der Waals surface area contributed by atoms with Crippen molar-refractivity contribution in [3.63, 3.8) is 0 Å². The maximum absolute atomic E-state index is 12.3. The lowest BCUT2D eigenvalue weighted by atomic mass is 9.86. The van der Waals surface area contributed by atoms with E-state index in [-0.39, 0.29) is 17.4 Å². The Balaban J connectivity index is 2.09. The molecule has 2 unspecified atom stereocenters. The normalized spacial score (nSPS) is 23.3. The van der Waals surface area contributed by atoms with Crippen molar-refractivity contribution < 1.29 is 4.79 Å². The first-order chi connectivity index (χ1) is 10.3. The highest BCUT2D eigenvalue weighted by Gasteiger charge is 2.31. The molecule has 3 nitrogen and oxygen atoms in total. The van der Waals surface area contributed by atoms with Crippen molar-refractivity contribution in [3.05, 3.63) is 35.4 Å². The molecule has 1 aromatic rings. The van der Waals surface area contributed by atoms with E-state index in [0.29, 0.717) is 5.92 Å². The quantitative estimate of drug-likeness (QED) is 0.929. The minimum absolute atomic E-state index is 0.151. The fourth-order valence-corrected chi connectivity index (χ4v) is 3.04. The highest BCUT2D eigenvalue weighted by Crippen LogP contribution is 2.28. The van der Waals surface area contributed by atoms with E-state index in [2.05, 4.69) is 48.3 Å².